The van der Waals surface area contributed by atoms with Crippen LogP contribution in [0.3, 0.4) is 0 Å². The van der Waals surface area contributed by atoms with Crippen LogP contribution in [-0.2, 0) is 6.42 Å². The van der Waals surface area contributed by atoms with Crippen molar-refractivity contribution < 1.29 is 9.84 Å². The molecule has 0 saturated carbocycles. The molecular formula is C23H17ClN2O2. The van der Waals surface area contributed by atoms with Crippen LogP contribution in [0, 0.1) is 23.2 Å². The summed E-state index contributed by atoms with van der Waals surface area (Å²) in [6.45, 7) is 0.541. The number of hydrogen-bond donors (Lipinski definition) is 1. The third kappa shape index (κ3) is 5.27. The molecule has 0 atom stereocenters. The van der Waals surface area contributed by atoms with Gasteiger partial charge in [0.1, 0.15) is 11.5 Å². The van der Waals surface area contributed by atoms with Gasteiger partial charge in [-0.05, 0) is 66.9 Å². The van der Waals surface area contributed by atoms with Gasteiger partial charge < -0.3 is 9.84 Å². The molecule has 2 aromatic carbocycles. The largest absolute Gasteiger partial charge is 0.508 e. The van der Waals surface area contributed by atoms with Crippen LogP contribution >= 0.6 is 11.6 Å². The van der Waals surface area contributed by atoms with Crippen molar-refractivity contribution in [3.63, 3.8) is 0 Å². The number of hydrogen-bond acceptors (Lipinski definition) is 4. The smallest absolute Gasteiger partial charge is 0.137 e. The number of benzene rings is 2. The Kier molecular flexibility index (Phi) is 6.52. The van der Waals surface area contributed by atoms with Crippen molar-refractivity contribution in [2.24, 2.45) is 0 Å². The van der Waals surface area contributed by atoms with Gasteiger partial charge in [-0.25, -0.2) is 0 Å². The average Bonchev–Trinajstić information content (AvgIpc) is 2.72. The normalized spacial score (nSPS) is 9.86. The summed E-state index contributed by atoms with van der Waals surface area (Å²) < 4.78 is 5.68. The minimum atomic E-state index is 0.100. The van der Waals surface area contributed by atoms with Crippen molar-refractivity contribution in [2.45, 2.75) is 12.8 Å². The Bertz CT molecular complexity index is 1060. The number of nitrogens with zero attached hydrogens (tertiary/aromatic N) is 2. The Hall–Kier alpha value is -3.47. The van der Waals surface area contributed by atoms with Crippen LogP contribution in [0.15, 0.2) is 60.9 Å². The predicted octanol–water partition coefficient (Wildman–Crippen LogP) is 4.72. The lowest BCUT2D eigenvalue weighted by molar-refractivity contribution is 0.310. The van der Waals surface area contributed by atoms with E-state index < -0.39 is 0 Å². The van der Waals surface area contributed by atoms with Gasteiger partial charge in [-0.15, -0.1) is 0 Å². The van der Waals surface area contributed by atoms with Crippen molar-refractivity contribution in [1.29, 1.82) is 5.26 Å². The van der Waals surface area contributed by atoms with E-state index in [0.29, 0.717) is 22.8 Å². The lowest BCUT2D eigenvalue weighted by Crippen LogP contribution is -2.01. The monoisotopic (exact) mass is 388 g/mol. The Morgan fingerprint density at radius 2 is 1.89 bits per heavy atom. The van der Waals surface area contributed by atoms with Crippen LogP contribution in [0.2, 0.25) is 5.02 Å². The molecule has 5 heteroatoms. The first-order valence-corrected chi connectivity index (χ1v) is 9.10. The van der Waals surface area contributed by atoms with Gasteiger partial charge in [-0.3, -0.25) is 4.98 Å². The van der Waals surface area contributed by atoms with E-state index in [-0.39, 0.29) is 5.75 Å². The summed E-state index contributed by atoms with van der Waals surface area (Å²) in [5.74, 6) is 6.99. The maximum Gasteiger partial charge on any atom is 0.137 e. The summed E-state index contributed by atoms with van der Waals surface area (Å²) >= 11 is 6.12. The number of nitriles is 1. The zero-order chi connectivity index (χ0) is 19.8. The van der Waals surface area contributed by atoms with E-state index in [4.69, 9.17) is 16.3 Å². The first-order valence-electron chi connectivity index (χ1n) is 8.72. The van der Waals surface area contributed by atoms with Crippen LogP contribution in [-0.4, -0.2) is 16.7 Å². The summed E-state index contributed by atoms with van der Waals surface area (Å²) in [5, 5.41) is 19.0. The lowest BCUT2D eigenvalue weighted by atomic mass is 10.00. The summed E-state index contributed by atoms with van der Waals surface area (Å²) in [5.41, 5.74) is 3.05. The molecule has 0 unspecified atom stereocenters. The van der Waals surface area contributed by atoms with Gasteiger partial charge in [-0.2, -0.15) is 5.26 Å². The molecule has 1 N–H and O–H groups in total. The molecule has 0 amide bonds. The molecule has 4 nitrogen and oxygen atoms in total. The number of pyridine rings is 1. The number of aromatic hydroxyl groups is 1. The topological polar surface area (TPSA) is 66.1 Å². The molecule has 28 heavy (non-hydrogen) atoms. The molecule has 138 valence electrons. The fourth-order valence-electron chi connectivity index (χ4n) is 2.62. The number of phenols is 1. The highest BCUT2D eigenvalue weighted by atomic mass is 35.5. The highest BCUT2D eigenvalue weighted by molar-refractivity contribution is 6.31. The highest BCUT2D eigenvalue weighted by Gasteiger charge is 2.04. The zero-order valence-electron chi connectivity index (χ0n) is 15.0. The predicted molar refractivity (Wildman–Crippen MR) is 108 cm³/mol. The maximum absolute atomic E-state index is 9.45. The van der Waals surface area contributed by atoms with Crippen molar-refractivity contribution in [3.05, 3.63) is 88.2 Å². The third-order valence-electron chi connectivity index (χ3n) is 4.01. The number of halogens is 1. The lowest BCUT2D eigenvalue weighted by Gasteiger charge is -2.07. The molecule has 3 aromatic rings. The van der Waals surface area contributed by atoms with Gasteiger partial charge in [0.05, 0.1) is 29.5 Å². The molecule has 0 saturated heterocycles. The van der Waals surface area contributed by atoms with E-state index >= 15 is 0 Å². The fraction of sp³-hybridized carbons (Fsp3) is 0.130. The maximum atomic E-state index is 9.45. The number of phenolic OH excluding ortho intramolecular Hbond substituents is 1. The third-order valence-corrected chi connectivity index (χ3v) is 4.33. The molecular weight excluding hydrogens is 372 g/mol. The van der Waals surface area contributed by atoms with E-state index in [1.165, 1.54) is 6.07 Å². The van der Waals surface area contributed by atoms with E-state index in [9.17, 15) is 10.4 Å². The summed E-state index contributed by atoms with van der Waals surface area (Å²) in [4.78, 5) is 4.02. The van der Waals surface area contributed by atoms with Gasteiger partial charge in [0.2, 0.25) is 0 Å². The van der Waals surface area contributed by atoms with Gasteiger partial charge in [0.15, 0.2) is 0 Å². The van der Waals surface area contributed by atoms with Gasteiger partial charge in [0.25, 0.3) is 0 Å². The molecule has 0 fully saturated rings. The second kappa shape index (κ2) is 9.46. The zero-order valence-corrected chi connectivity index (χ0v) is 15.8. The standard InChI is InChI=1S/C23H17ClN2O2/c24-23-14-21(27)10-9-19(23)8-7-18-6-5-17(15-25)13-20(18)3-2-12-28-22-4-1-11-26-16-22/h1,4-6,9-11,13-14,16,27H,2-3,12H2. The van der Waals surface area contributed by atoms with Crippen LogP contribution in [0.5, 0.6) is 11.5 Å². The van der Waals surface area contributed by atoms with E-state index in [2.05, 4.69) is 22.9 Å². The molecule has 1 aromatic heterocycles. The highest BCUT2D eigenvalue weighted by Crippen LogP contribution is 2.21. The second-order valence-electron chi connectivity index (χ2n) is 6.04. The molecule has 0 aliphatic carbocycles. The van der Waals surface area contributed by atoms with Crippen LogP contribution < -0.4 is 4.74 Å². The van der Waals surface area contributed by atoms with Crippen molar-refractivity contribution in [3.8, 4) is 29.4 Å². The van der Waals surface area contributed by atoms with Crippen molar-refractivity contribution in [2.75, 3.05) is 6.61 Å². The Morgan fingerprint density at radius 1 is 1.07 bits per heavy atom. The minimum absolute atomic E-state index is 0.100. The molecule has 0 aliphatic rings. The Balaban J connectivity index is 1.73. The molecule has 0 bridgehead atoms. The average molecular weight is 389 g/mol. The molecule has 0 spiro atoms. The molecule has 3 rings (SSSR count). The fourth-order valence-corrected chi connectivity index (χ4v) is 2.84. The number of aromatic nitrogens is 1. The SMILES string of the molecule is N#Cc1ccc(C#Cc2ccc(O)cc2Cl)c(CCCOc2cccnc2)c1. The number of aryl methyl sites for hydroxylation is 1. The van der Waals surface area contributed by atoms with Crippen LogP contribution in [0.1, 0.15) is 28.7 Å². The van der Waals surface area contributed by atoms with Gasteiger partial charge in [-0.1, -0.05) is 23.4 Å². The summed E-state index contributed by atoms with van der Waals surface area (Å²) in [7, 11) is 0. The van der Waals surface area contributed by atoms with Gasteiger partial charge in [0, 0.05) is 17.3 Å². The number of rotatable bonds is 5. The quantitative estimate of drug-likeness (QED) is 0.507. The van der Waals surface area contributed by atoms with E-state index in [0.717, 1.165) is 29.7 Å². The second-order valence-corrected chi connectivity index (χ2v) is 6.45. The summed E-state index contributed by atoms with van der Waals surface area (Å²) in [6.07, 6.45) is 4.88. The minimum Gasteiger partial charge on any atom is -0.508 e. The van der Waals surface area contributed by atoms with Crippen molar-refractivity contribution >= 4 is 11.6 Å². The van der Waals surface area contributed by atoms with Crippen LogP contribution in [0.25, 0.3) is 0 Å². The van der Waals surface area contributed by atoms with E-state index in [1.807, 2.05) is 24.3 Å². The first kappa shape index (κ1) is 19.3. The molecule has 0 radical (unpaired) electrons. The van der Waals surface area contributed by atoms with E-state index in [1.54, 1.807) is 30.6 Å². The number of ether oxygens (including phenoxy) is 1. The molecule has 0 aliphatic heterocycles. The van der Waals surface area contributed by atoms with Crippen LogP contribution in [0.4, 0.5) is 0 Å². The first-order chi connectivity index (χ1) is 13.7. The Morgan fingerprint density at radius 3 is 2.64 bits per heavy atom. The Labute approximate surface area is 169 Å². The summed E-state index contributed by atoms with van der Waals surface area (Å²) in [6, 6.07) is 16.0. The molecule has 1 heterocycles. The van der Waals surface area contributed by atoms with Crippen molar-refractivity contribution in [1.82, 2.24) is 4.98 Å². The van der Waals surface area contributed by atoms with Gasteiger partial charge >= 0.3 is 0 Å².